The minimum atomic E-state index is -1.03. The molecule has 0 aliphatic rings. The van der Waals surface area contributed by atoms with Crippen LogP contribution in [0.4, 0.5) is 0 Å². The number of carboxylic acid groups (broad SMARTS) is 1. The van der Waals surface area contributed by atoms with Crippen LogP contribution in [0.25, 0.3) is 0 Å². The molecule has 0 aliphatic carbocycles. The molecule has 0 aromatic carbocycles. The van der Waals surface area contributed by atoms with Gasteiger partial charge in [-0.2, -0.15) is 0 Å². The zero-order chi connectivity index (χ0) is 12.1. The van der Waals surface area contributed by atoms with Crippen molar-refractivity contribution in [2.75, 3.05) is 6.54 Å². The molecule has 4 nitrogen and oxygen atoms in total. The molecule has 0 spiro atoms. The molecule has 0 saturated carbocycles. The maximum Gasteiger partial charge on any atom is 0.322 e. The van der Waals surface area contributed by atoms with Crippen molar-refractivity contribution in [3.63, 3.8) is 0 Å². The number of carbonyl (C=O) groups is 2. The highest BCUT2D eigenvalue weighted by atomic mass is 16.4. The highest BCUT2D eigenvalue weighted by molar-refractivity contribution is 5.85. The SMILES string of the molecule is C/C=C(\C)CC(C)(C)C(=O)NCC(=O)O. The van der Waals surface area contributed by atoms with Crippen molar-refractivity contribution < 1.29 is 14.7 Å². The third-order valence-corrected chi connectivity index (χ3v) is 2.23. The average molecular weight is 213 g/mol. The quantitative estimate of drug-likeness (QED) is 0.681. The van der Waals surface area contributed by atoms with E-state index >= 15 is 0 Å². The molecule has 86 valence electrons. The smallest absolute Gasteiger partial charge is 0.322 e. The van der Waals surface area contributed by atoms with Crippen LogP contribution in [-0.4, -0.2) is 23.5 Å². The Hall–Kier alpha value is -1.32. The van der Waals surface area contributed by atoms with E-state index in [9.17, 15) is 9.59 Å². The lowest BCUT2D eigenvalue weighted by molar-refractivity contribution is -0.139. The van der Waals surface area contributed by atoms with Gasteiger partial charge in [0.15, 0.2) is 0 Å². The highest BCUT2D eigenvalue weighted by Gasteiger charge is 2.27. The summed E-state index contributed by atoms with van der Waals surface area (Å²) in [6.07, 6.45) is 2.58. The first kappa shape index (κ1) is 13.7. The fourth-order valence-electron chi connectivity index (χ4n) is 1.27. The van der Waals surface area contributed by atoms with Crippen molar-refractivity contribution in [3.05, 3.63) is 11.6 Å². The third kappa shape index (κ3) is 5.20. The largest absolute Gasteiger partial charge is 0.480 e. The summed E-state index contributed by atoms with van der Waals surface area (Å²) < 4.78 is 0. The van der Waals surface area contributed by atoms with Gasteiger partial charge in [0, 0.05) is 5.41 Å². The standard InChI is InChI=1S/C11H19NO3/c1-5-8(2)6-11(3,4)10(15)12-7-9(13)14/h5H,6-7H2,1-4H3,(H,12,15)(H,13,14)/b8-5+. The fourth-order valence-corrected chi connectivity index (χ4v) is 1.27. The first-order valence-electron chi connectivity index (χ1n) is 4.91. The zero-order valence-corrected chi connectivity index (χ0v) is 9.76. The van der Waals surface area contributed by atoms with Crippen LogP contribution in [0.1, 0.15) is 34.1 Å². The molecule has 0 atom stereocenters. The predicted molar refractivity (Wildman–Crippen MR) is 58.5 cm³/mol. The van der Waals surface area contributed by atoms with Crippen molar-refractivity contribution in [2.24, 2.45) is 5.41 Å². The van der Waals surface area contributed by atoms with Crippen LogP contribution in [0.5, 0.6) is 0 Å². The Morgan fingerprint density at radius 2 is 1.93 bits per heavy atom. The minimum Gasteiger partial charge on any atom is -0.480 e. The van der Waals surface area contributed by atoms with Crippen LogP contribution in [0.2, 0.25) is 0 Å². The lowest BCUT2D eigenvalue weighted by Gasteiger charge is -2.23. The lowest BCUT2D eigenvalue weighted by atomic mass is 9.85. The van der Waals surface area contributed by atoms with E-state index in [1.807, 2.05) is 19.9 Å². The van der Waals surface area contributed by atoms with Gasteiger partial charge in [-0.25, -0.2) is 0 Å². The Morgan fingerprint density at radius 1 is 1.40 bits per heavy atom. The van der Waals surface area contributed by atoms with E-state index in [0.717, 1.165) is 5.57 Å². The van der Waals surface area contributed by atoms with Crippen LogP contribution >= 0.6 is 0 Å². The lowest BCUT2D eigenvalue weighted by Crippen LogP contribution is -2.39. The summed E-state index contributed by atoms with van der Waals surface area (Å²) in [5, 5.41) is 10.8. The maximum absolute atomic E-state index is 11.6. The molecule has 0 aromatic heterocycles. The van der Waals surface area contributed by atoms with Gasteiger partial charge in [-0.3, -0.25) is 9.59 Å². The summed E-state index contributed by atoms with van der Waals surface area (Å²) in [5.74, 6) is -1.26. The zero-order valence-electron chi connectivity index (χ0n) is 9.76. The third-order valence-electron chi connectivity index (χ3n) is 2.23. The van der Waals surface area contributed by atoms with Gasteiger partial charge in [-0.1, -0.05) is 25.5 Å². The first-order chi connectivity index (χ1) is 6.79. The second kappa shape index (κ2) is 5.53. The van der Waals surface area contributed by atoms with Crippen LogP contribution in [0.15, 0.2) is 11.6 Å². The van der Waals surface area contributed by atoms with Gasteiger partial charge in [0.2, 0.25) is 5.91 Å². The molecule has 0 rings (SSSR count). The molecule has 2 N–H and O–H groups in total. The number of carbonyl (C=O) groups excluding carboxylic acids is 1. The predicted octanol–water partition coefficient (Wildman–Crippen LogP) is 1.57. The van der Waals surface area contributed by atoms with Crippen molar-refractivity contribution in [3.8, 4) is 0 Å². The average Bonchev–Trinajstić information content (AvgIpc) is 2.13. The number of hydrogen-bond donors (Lipinski definition) is 2. The van der Waals surface area contributed by atoms with Gasteiger partial charge in [0.25, 0.3) is 0 Å². The molecule has 0 saturated heterocycles. The van der Waals surface area contributed by atoms with Crippen LogP contribution in [-0.2, 0) is 9.59 Å². The molecule has 0 heterocycles. The maximum atomic E-state index is 11.6. The Bertz CT molecular complexity index is 280. The molecule has 0 unspecified atom stereocenters. The Morgan fingerprint density at radius 3 is 2.33 bits per heavy atom. The van der Waals surface area contributed by atoms with Gasteiger partial charge >= 0.3 is 5.97 Å². The summed E-state index contributed by atoms with van der Waals surface area (Å²) in [4.78, 5) is 21.9. The normalized spacial score (nSPS) is 12.4. The molecule has 0 radical (unpaired) electrons. The molecule has 4 heteroatoms. The summed E-state index contributed by atoms with van der Waals surface area (Å²) in [6, 6.07) is 0. The second-order valence-corrected chi connectivity index (χ2v) is 4.27. The molecule has 0 bridgehead atoms. The molecule has 0 fully saturated rings. The van der Waals surface area contributed by atoms with E-state index in [0.29, 0.717) is 6.42 Å². The number of carboxylic acids is 1. The van der Waals surface area contributed by atoms with Crippen molar-refractivity contribution in [1.82, 2.24) is 5.32 Å². The van der Waals surface area contributed by atoms with E-state index in [-0.39, 0.29) is 12.5 Å². The molecule has 0 aliphatic heterocycles. The topological polar surface area (TPSA) is 66.4 Å². The Balaban J connectivity index is 4.32. The van der Waals surface area contributed by atoms with E-state index in [2.05, 4.69) is 5.32 Å². The number of aliphatic carboxylic acids is 1. The van der Waals surface area contributed by atoms with Crippen LogP contribution in [0, 0.1) is 5.41 Å². The Kier molecular flexibility index (Phi) is 5.05. The molecule has 15 heavy (non-hydrogen) atoms. The fraction of sp³-hybridized carbons (Fsp3) is 0.636. The van der Waals surface area contributed by atoms with Crippen molar-refractivity contribution in [2.45, 2.75) is 34.1 Å². The molecular formula is C11H19NO3. The summed E-state index contributed by atoms with van der Waals surface area (Å²) in [6.45, 7) is 7.15. The highest BCUT2D eigenvalue weighted by Crippen LogP contribution is 2.24. The van der Waals surface area contributed by atoms with Crippen LogP contribution < -0.4 is 5.32 Å². The minimum absolute atomic E-state index is 0.230. The number of nitrogens with one attached hydrogen (secondary N) is 1. The monoisotopic (exact) mass is 213 g/mol. The summed E-state index contributed by atoms with van der Waals surface area (Å²) >= 11 is 0. The number of allylic oxidation sites excluding steroid dienone is 2. The van der Waals surface area contributed by atoms with Gasteiger partial charge in [-0.05, 0) is 20.3 Å². The second-order valence-electron chi connectivity index (χ2n) is 4.27. The van der Waals surface area contributed by atoms with E-state index in [4.69, 9.17) is 5.11 Å². The van der Waals surface area contributed by atoms with E-state index in [1.165, 1.54) is 0 Å². The summed E-state index contributed by atoms with van der Waals surface area (Å²) in [5.41, 5.74) is 0.553. The van der Waals surface area contributed by atoms with Gasteiger partial charge in [0.1, 0.15) is 6.54 Å². The number of hydrogen-bond acceptors (Lipinski definition) is 2. The van der Waals surface area contributed by atoms with Gasteiger partial charge in [-0.15, -0.1) is 0 Å². The van der Waals surface area contributed by atoms with Gasteiger partial charge < -0.3 is 10.4 Å². The summed E-state index contributed by atoms with van der Waals surface area (Å²) in [7, 11) is 0. The van der Waals surface area contributed by atoms with E-state index in [1.54, 1.807) is 13.8 Å². The number of rotatable bonds is 5. The first-order valence-corrected chi connectivity index (χ1v) is 4.91. The molecular weight excluding hydrogens is 194 g/mol. The van der Waals surface area contributed by atoms with Crippen molar-refractivity contribution >= 4 is 11.9 Å². The molecule has 1 amide bonds. The van der Waals surface area contributed by atoms with Crippen molar-refractivity contribution in [1.29, 1.82) is 0 Å². The van der Waals surface area contributed by atoms with E-state index < -0.39 is 11.4 Å². The Labute approximate surface area is 90.4 Å². The van der Waals surface area contributed by atoms with Gasteiger partial charge in [0.05, 0.1) is 0 Å². The van der Waals surface area contributed by atoms with Crippen LogP contribution in [0.3, 0.4) is 0 Å². The molecule has 0 aromatic rings. The number of amides is 1.